The first-order chi connectivity index (χ1) is 23.5. The molecule has 2 aromatic carbocycles. The zero-order chi connectivity index (χ0) is 37.3. The maximum atomic E-state index is 12.2. The van der Waals surface area contributed by atoms with Crippen molar-refractivity contribution in [2.75, 3.05) is 0 Å². The van der Waals surface area contributed by atoms with Gasteiger partial charge in [0.2, 0.25) is 11.5 Å². The molecule has 16 heteroatoms. The second-order valence-corrected chi connectivity index (χ2v) is 11.8. The summed E-state index contributed by atoms with van der Waals surface area (Å²) < 4.78 is 4.41. The summed E-state index contributed by atoms with van der Waals surface area (Å²) in [7, 11) is 0. The zero-order valence-electron chi connectivity index (χ0n) is 26.4. The number of ketones is 2. The van der Waals surface area contributed by atoms with Gasteiger partial charge in [0.1, 0.15) is 11.6 Å². The van der Waals surface area contributed by atoms with Gasteiger partial charge in [0.05, 0.1) is 27.9 Å². The minimum Gasteiger partial charge on any atom is -0.481 e. The van der Waals surface area contributed by atoms with Gasteiger partial charge in [0.15, 0.2) is 0 Å². The first kappa shape index (κ1) is 38.8. The van der Waals surface area contributed by atoms with Crippen LogP contribution in [0, 0.1) is 27.4 Å². The van der Waals surface area contributed by atoms with Gasteiger partial charge in [0, 0.05) is 35.9 Å². The molecule has 5 N–H and O–H groups in total. The van der Waals surface area contributed by atoms with Crippen molar-refractivity contribution in [1.82, 2.24) is 0 Å². The van der Waals surface area contributed by atoms with E-state index in [1.165, 1.54) is 30.3 Å². The number of rotatable bonds is 9. The molecule has 1 aromatic heterocycles. The average Bonchev–Trinajstić information content (AvgIpc) is 3.69. The normalized spacial score (nSPS) is 21.0. The van der Waals surface area contributed by atoms with E-state index in [4.69, 9.17) is 21.8 Å². The predicted molar refractivity (Wildman–Crippen MR) is 175 cm³/mol. The Kier molecular flexibility index (Phi) is 12.9. The number of halogens is 1. The van der Waals surface area contributed by atoms with Crippen LogP contribution in [0.2, 0.25) is 5.02 Å². The molecular formula is C34H32ClNO14. The third-order valence-corrected chi connectivity index (χ3v) is 8.62. The van der Waals surface area contributed by atoms with Crippen LogP contribution in [-0.2, 0) is 19.2 Å². The molecule has 2 fully saturated rings. The fraction of sp³-hybridized carbons (Fsp3) is 0.294. The summed E-state index contributed by atoms with van der Waals surface area (Å²) in [5.41, 5.74) is -0.0516. The molecule has 2 aliphatic rings. The Morgan fingerprint density at radius 2 is 1.48 bits per heavy atom. The number of carboxylic acids is 4. The van der Waals surface area contributed by atoms with E-state index >= 15 is 0 Å². The molecule has 0 amide bonds. The molecule has 264 valence electrons. The highest BCUT2D eigenvalue weighted by Gasteiger charge is 2.62. The summed E-state index contributed by atoms with van der Waals surface area (Å²) in [6.07, 6.45) is 1.93. The minimum absolute atomic E-state index is 0.0458. The summed E-state index contributed by atoms with van der Waals surface area (Å²) in [5.74, 6) is -7.27. The molecule has 4 atom stereocenters. The van der Waals surface area contributed by atoms with Gasteiger partial charge < -0.3 is 29.9 Å². The molecule has 0 spiro atoms. The fourth-order valence-electron chi connectivity index (χ4n) is 6.07. The number of aliphatic hydroxyl groups excluding tert-OH is 1. The maximum Gasteiger partial charge on any atom is 0.371 e. The number of hydrogen-bond acceptors (Lipinski definition) is 10. The monoisotopic (exact) mass is 713 g/mol. The molecule has 5 rings (SSSR count). The van der Waals surface area contributed by atoms with E-state index in [-0.39, 0.29) is 53.6 Å². The molecule has 1 heterocycles. The van der Waals surface area contributed by atoms with Crippen molar-refractivity contribution in [3.63, 3.8) is 0 Å². The van der Waals surface area contributed by atoms with Gasteiger partial charge in [-0.2, -0.15) is 0 Å². The number of aliphatic hydroxyl groups is 1. The Balaban J connectivity index is 0.000000212. The van der Waals surface area contributed by atoms with Crippen LogP contribution in [0.5, 0.6) is 0 Å². The fourth-order valence-corrected chi connectivity index (χ4v) is 6.20. The van der Waals surface area contributed by atoms with E-state index in [0.29, 0.717) is 29.0 Å². The Bertz CT molecular complexity index is 1780. The number of carbonyl (C=O) groups excluding carboxylic acids is 2. The number of nitro groups is 1. The van der Waals surface area contributed by atoms with Gasteiger partial charge >= 0.3 is 23.9 Å². The lowest BCUT2D eigenvalue weighted by Crippen LogP contribution is -2.49. The second kappa shape index (κ2) is 16.6. The number of nitro benzene ring substituents is 1. The van der Waals surface area contributed by atoms with E-state index in [9.17, 15) is 54.2 Å². The van der Waals surface area contributed by atoms with Crippen molar-refractivity contribution in [2.24, 2.45) is 17.3 Å². The number of carboxylic acid groups (broad SMARTS) is 4. The molecule has 2 saturated carbocycles. The van der Waals surface area contributed by atoms with Gasteiger partial charge in [-0.3, -0.25) is 24.5 Å². The Morgan fingerprint density at radius 3 is 1.92 bits per heavy atom. The van der Waals surface area contributed by atoms with Crippen molar-refractivity contribution in [1.29, 1.82) is 0 Å². The number of hydrogen-bond donors (Lipinski definition) is 5. The number of non-ortho nitro benzene ring substituents is 1. The Hall–Kier alpha value is -5.67. The van der Waals surface area contributed by atoms with Crippen molar-refractivity contribution < 1.29 is 63.6 Å². The summed E-state index contributed by atoms with van der Waals surface area (Å²) in [5, 5.41) is 56.0. The third kappa shape index (κ3) is 9.06. The molecule has 0 radical (unpaired) electrons. The van der Waals surface area contributed by atoms with E-state index in [1.807, 2.05) is 0 Å². The third-order valence-electron chi connectivity index (χ3n) is 8.37. The van der Waals surface area contributed by atoms with Crippen molar-refractivity contribution >= 4 is 64.4 Å². The molecule has 4 unspecified atom stereocenters. The summed E-state index contributed by atoms with van der Waals surface area (Å²) in [6, 6.07) is 14.2. The smallest absolute Gasteiger partial charge is 0.371 e. The number of aliphatic carboxylic acids is 2. The lowest BCUT2D eigenvalue weighted by Gasteiger charge is -2.41. The molecule has 3 aromatic rings. The van der Waals surface area contributed by atoms with Crippen molar-refractivity contribution in [3.05, 3.63) is 98.4 Å². The molecule has 15 nitrogen and oxygen atoms in total. The predicted octanol–water partition coefficient (Wildman–Crippen LogP) is 5.34. The maximum absolute atomic E-state index is 12.2. The minimum atomic E-state index is -1.28. The topological polar surface area (TPSA) is 260 Å². The number of Topliss-reactive ketones (excluding diaryl/α,β-unsaturated/α-hetero) is 2. The van der Waals surface area contributed by atoms with Gasteiger partial charge in [-0.05, 0) is 72.9 Å². The van der Waals surface area contributed by atoms with Gasteiger partial charge in [-0.25, -0.2) is 14.4 Å². The zero-order valence-corrected chi connectivity index (χ0v) is 27.1. The number of fused-ring (bicyclic) bond motifs is 1. The van der Waals surface area contributed by atoms with Crippen LogP contribution in [0.3, 0.4) is 0 Å². The standard InChI is InChI=1S/C15H10ClNO4.C13H18O5.C6H4O5/c16-12-5-3-11(4-6-12)14(15(18)19)9-10-1-7-13(8-2-10)17(20)21;1-2-11(16)13-6-7(14)3-4-8(13)10(15)5-9(13)12(17)18;7-5(8)3-1-2-4(11-3)6(9)10/h1-9H,(H,18,19);7-9,14H,2-6H2,1H3,(H,17,18);1-2H,(H,7,8)(H,9,10). The van der Waals surface area contributed by atoms with Crippen molar-refractivity contribution in [3.8, 4) is 0 Å². The molecular weight excluding hydrogens is 682 g/mol. The molecule has 0 bridgehead atoms. The van der Waals surface area contributed by atoms with Crippen molar-refractivity contribution in [2.45, 2.75) is 45.1 Å². The van der Waals surface area contributed by atoms with E-state index in [2.05, 4.69) is 4.42 Å². The van der Waals surface area contributed by atoms with Crippen LogP contribution in [0.4, 0.5) is 5.69 Å². The van der Waals surface area contributed by atoms with Gasteiger partial charge in [-0.1, -0.05) is 30.7 Å². The summed E-state index contributed by atoms with van der Waals surface area (Å²) in [4.78, 5) is 77.3. The van der Waals surface area contributed by atoms with Crippen LogP contribution in [0.25, 0.3) is 11.6 Å². The molecule has 0 aliphatic heterocycles. The number of nitrogens with zero attached hydrogens (tertiary/aromatic N) is 1. The molecule has 2 aliphatic carbocycles. The molecule has 0 saturated heterocycles. The first-order valence-electron chi connectivity index (χ1n) is 15.0. The Labute approximate surface area is 288 Å². The summed E-state index contributed by atoms with van der Waals surface area (Å²) in [6.45, 7) is 1.68. The van der Waals surface area contributed by atoms with Crippen LogP contribution in [0.1, 0.15) is 71.3 Å². The highest BCUT2D eigenvalue weighted by atomic mass is 35.5. The SMILES string of the molecule is CCC(=O)C12CC(O)CCC1C(=O)CC2C(=O)O.O=C(O)C(=Cc1ccc([N+](=O)[O-])cc1)c1ccc(Cl)cc1.O=C(O)c1ccc(C(=O)O)o1. The number of benzene rings is 2. The van der Waals surface area contributed by atoms with Gasteiger partial charge in [-0.15, -0.1) is 0 Å². The van der Waals surface area contributed by atoms with E-state index < -0.39 is 52.2 Å². The average molecular weight is 714 g/mol. The number of aromatic carboxylic acids is 2. The van der Waals surface area contributed by atoms with Crippen LogP contribution in [0.15, 0.2) is 65.1 Å². The van der Waals surface area contributed by atoms with Crippen LogP contribution >= 0.6 is 11.6 Å². The Morgan fingerprint density at radius 1 is 0.920 bits per heavy atom. The highest BCUT2D eigenvalue weighted by Crippen LogP contribution is 2.55. The lowest BCUT2D eigenvalue weighted by atomic mass is 9.60. The molecule has 50 heavy (non-hydrogen) atoms. The van der Waals surface area contributed by atoms with Crippen LogP contribution in [-0.4, -0.2) is 72.0 Å². The van der Waals surface area contributed by atoms with E-state index in [1.54, 1.807) is 31.2 Å². The first-order valence-corrected chi connectivity index (χ1v) is 15.4. The van der Waals surface area contributed by atoms with Crippen LogP contribution < -0.4 is 0 Å². The largest absolute Gasteiger partial charge is 0.481 e. The second-order valence-electron chi connectivity index (χ2n) is 11.4. The summed E-state index contributed by atoms with van der Waals surface area (Å²) >= 11 is 5.77. The van der Waals surface area contributed by atoms with E-state index in [0.717, 1.165) is 12.1 Å². The lowest BCUT2D eigenvalue weighted by molar-refractivity contribution is -0.384. The highest BCUT2D eigenvalue weighted by molar-refractivity contribution is 6.30. The number of carbonyl (C=O) groups is 6. The number of furan rings is 1. The quantitative estimate of drug-likeness (QED) is 0.0812. The van der Waals surface area contributed by atoms with Gasteiger partial charge in [0.25, 0.3) is 5.69 Å².